The van der Waals surface area contributed by atoms with Crippen molar-refractivity contribution < 1.29 is 13.2 Å². The van der Waals surface area contributed by atoms with Crippen LogP contribution in [0.4, 0.5) is 18.9 Å². The van der Waals surface area contributed by atoms with E-state index in [4.69, 9.17) is 5.26 Å². The van der Waals surface area contributed by atoms with E-state index in [2.05, 4.69) is 6.58 Å². The number of benzene rings is 1. The summed E-state index contributed by atoms with van der Waals surface area (Å²) in [5, 5.41) is 9.06. The molecule has 1 aliphatic carbocycles. The molecule has 1 aromatic rings. The van der Waals surface area contributed by atoms with E-state index in [1.54, 1.807) is 6.08 Å². The molecular weight excluding hydrogens is 253 g/mol. The molecule has 5 heteroatoms. The summed E-state index contributed by atoms with van der Waals surface area (Å²) < 4.78 is 37.9. The summed E-state index contributed by atoms with van der Waals surface area (Å²) in [6.45, 7) is 4.18. The maximum Gasteiger partial charge on any atom is 0.416 e. The molecule has 0 aromatic heterocycles. The van der Waals surface area contributed by atoms with Gasteiger partial charge >= 0.3 is 6.18 Å². The van der Waals surface area contributed by atoms with Crippen LogP contribution in [0.15, 0.2) is 30.9 Å². The van der Waals surface area contributed by atoms with Gasteiger partial charge in [-0.05, 0) is 31.0 Å². The second kappa shape index (κ2) is 4.96. The third kappa shape index (κ3) is 2.90. The first-order chi connectivity index (χ1) is 8.97. The van der Waals surface area contributed by atoms with Crippen molar-refractivity contribution in [1.82, 2.24) is 0 Å². The van der Waals surface area contributed by atoms with Crippen LogP contribution in [-0.4, -0.2) is 12.6 Å². The minimum atomic E-state index is -4.42. The SMILES string of the molecule is C=CCN(c1ccc(C(F)(F)F)cc1C#N)C1CC1. The Balaban J connectivity index is 2.40. The highest BCUT2D eigenvalue weighted by atomic mass is 19.4. The summed E-state index contributed by atoms with van der Waals surface area (Å²) in [4.78, 5) is 1.94. The first-order valence-corrected chi connectivity index (χ1v) is 5.96. The van der Waals surface area contributed by atoms with Gasteiger partial charge in [-0.2, -0.15) is 18.4 Å². The molecular formula is C14H13F3N2. The molecule has 1 saturated carbocycles. The summed E-state index contributed by atoms with van der Waals surface area (Å²) in [6, 6.07) is 5.47. The monoisotopic (exact) mass is 266 g/mol. The maximum absolute atomic E-state index is 12.6. The number of nitrogens with zero attached hydrogens (tertiary/aromatic N) is 2. The normalized spacial score (nSPS) is 14.8. The lowest BCUT2D eigenvalue weighted by atomic mass is 10.1. The van der Waals surface area contributed by atoms with Crippen LogP contribution in [0, 0.1) is 11.3 Å². The number of anilines is 1. The molecule has 0 radical (unpaired) electrons. The van der Waals surface area contributed by atoms with Gasteiger partial charge in [-0.1, -0.05) is 6.08 Å². The Hall–Kier alpha value is -1.96. The van der Waals surface area contributed by atoms with Crippen molar-refractivity contribution in [1.29, 1.82) is 5.26 Å². The van der Waals surface area contributed by atoms with E-state index >= 15 is 0 Å². The van der Waals surface area contributed by atoms with Gasteiger partial charge in [0.1, 0.15) is 6.07 Å². The molecule has 0 N–H and O–H groups in total. The molecule has 2 nitrogen and oxygen atoms in total. The van der Waals surface area contributed by atoms with Gasteiger partial charge in [0.25, 0.3) is 0 Å². The van der Waals surface area contributed by atoms with E-state index in [0.717, 1.165) is 25.0 Å². The van der Waals surface area contributed by atoms with Gasteiger partial charge in [0.05, 0.1) is 16.8 Å². The Morgan fingerprint density at radius 3 is 2.58 bits per heavy atom. The van der Waals surface area contributed by atoms with Gasteiger partial charge in [-0.3, -0.25) is 0 Å². The smallest absolute Gasteiger partial charge is 0.364 e. The third-order valence-electron chi connectivity index (χ3n) is 3.07. The fraction of sp³-hybridized carbons (Fsp3) is 0.357. The second-order valence-corrected chi connectivity index (χ2v) is 4.51. The van der Waals surface area contributed by atoms with Crippen LogP contribution in [0.5, 0.6) is 0 Å². The largest absolute Gasteiger partial charge is 0.416 e. The van der Waals surface area contributed by atoms with Crippen molar-refractivity contribution in [2.75, 3.05) is 11.4 Å². The van der Waals surface area contributed by atoms with Crippen LogP contribution in [-0.2, 0) is 6.18 Å². The Bertz CT molecular complexity index is 524. The predicted molar refractivity (Wildman–Crippen MR) is 66.7 cm³/mol. The van der Waals surface area contributed by atoms with E-state index in [1.807, 2.05) is 11.0 Å². The van der Waals surface area contributed by atoms with Crippen molar-refractivity contribution in [3.63, 3.8) is 0 Å². The van der Waals surface area contributed by atoms with Crippen molar-refractivity contribution in [3.8, 4) is 6.07 Å². The van der Waals surface area contributed by atoms with Gasteiger partial charge < -0.3 is 4.90 Å². The van der Waals surface area contributed by atoms with Crippen molar-refractivity contribution >= 4 is 5.69 Å². The molecule has 0 atom stereocenters. The van der Waals surface area contributed by atoms with Gasteiger partial charge in [0, 0.05) is 12.6 Å². The van der Waals surface area contributed by atoms with E-state index in [-0.39, 0.29) is 5.56 Å². The Kier molecular flexibility index (Phi) is 3.52. The first-order valence-electron chi connectivity index (χ1n) is 5.96. The Labute approximate surface area is 109 Å². The van der Waals surface area contributed by atoms with E-state index in [1.165, 1.54) is 6.07 Å². The molecule has 0 aliphatic heterocycles. The number of alkyl halides is 3. The lowest BCUT2D eigenvalue weighted by Crippen LogP contribution is -2.26. The number of rotatable bonds is 4. The molecule has 1 fully saturated rings. The molecule has 1 aliphatic rings. The minimum Gasteiger partial charge on any atom is -0.364 e. The first kappa shape index (κ1) is 13.5. The highest BCUT2D eigenvalue weighted by molar-refractivity contribution is 5.62. The second-order valence-electron chi connectivity index (χ2n) is 4.51. The highest BCUT2D eigenvalue weighted by Crippen LogP contribution is 2.36. The molecule has 0 saturated heterocycles. The molecule has 1 aromatic carbocycles. The van der Waals surface area contributed by atoms with Crippen molar-refractivity contribution in [3.05, 3.63) is 42.0 Å². The average Bonchev–Trinajstić information content (AvgIpc) is 3.18. The van der Waals surface area contributed by atoms with Crippen LogP contribution < -0.4 is 4.90 Å². The van der Waals surface area contributed by atoms with E-state index in [9.17, 15) is 13.2 Å². The summed E-state index contributed by atoms with van der Waals surface area (Å²) in [5.74, 6) is 0. The summed E-state index contributed by atoms with van der Waals surface area (Å²) in [7, 11) is 0. The fourth-order valence-corrected chi connectivity index (χ4v) is 2.02. The molecule has 19 heavy (non-hydrogen) atoms. The molecule has 0 heterocycles. The number of nitriles is 1. The number of halogens is 3. The van der Waals surface area contributed by atoms with Crippen LogP contribution in [0.25, 0.3) is 0 Å². The lowest BCUT2D eigenvalue weighted by Gasteiger charge is -2.24. The molecule has 0 spiro atoms. The summed E-state index contributed by atoms with van der Waals surface area (Å²) in [5.41, 5.74) is -0.177. The molecule has 100 valence electrons. The number of hydrogen-bond acceptors (Lipinski definition) is 2. The van der Waals surface area contributed by atoms with Crippen LogP contribution in [0.1, 0.15) is 24.0 Å². The zero-order valence-electron chi connectivity index (χ0n) is 10.2. The predicted octanol–water partition coefficient (Wildman–Crippen LogP) is 3.73. The lowest BCUT2D eigenvalue weighted by molar-refractivity contribution is -0.137. The zero-order valence-corrected chi connectivity index (χ0v) is 10.2. The van der Waals surface area contributed by atoms with Gasteiger partial charge in [-0.15, -0.1) is 6.58 Å². The standard InChI is InChI=1S/C14H13F3N2/c1-2-7-19(12-4-5-12)13-6-3-11(14(15,16)17)8-10(13)9-18/h2-3,6,8,12H,1,4-5,7H2. The van der Waals surface area contributed by atoms with Crippen LogP contribution >= 0.6 is 0 Å². The van der Waals surface area contributed by atoms with Gasteiger partial charge in [0.15, 0.2) is 0 Å². The Morgan fingerprint density at radius 1 is 1.42 bits per heavy atom. The molecule has 0 bridgehead atoms. The highest BCUT2D eigenvalue weighted by Gasteiger charge is 2.33. The minimum absolute atomic E-state index is 0.0589. The van der Waals surface area contributed by atoms with Crippen molar-refractivity contribution in [2.45, 2.75) is 25.1 Å². The topological polar surface area (TPSA) is 27.0 Å². The molecule has 0 amide bonds. The number of hydrogen-bond donors (Lipinski definition) is 0. The fourth-order valence-electron chi connectivity index (χ4n) is 2.02. The average molecular weight is 266 g/mol. The van der Waals surface area contributed by atoms with Crippen molar-refractivity contribution in [2.24, 2.45) is 0 Å². The molecule has 2 rings (SSSR count). The summed E-state index contributed by atoms with van der Waals surface area (Å²) >= 11 is 0. The van der Waals surface area contributed by atoms with Crippen LogP contribution in [0.3, 0.4) is 0 Å². The van der Waals surface area contributed by atoms with Gasteiger partial charge in [-0.25, -0.2) is 0 Å². The van der Waals surface area contributed by atoms with Gasteiger partial charge in [0.2, 0.25) is 0 Å². The zero-order chi connectivity index (χ0) is 14.0. The Morgan fingerprint density at radius 2 is 2.11 bits per heavy atom. The third-order valence-corrected chi connectivity index (χ3v) is 3.07. The summed E-state index contributed by atoms with van der Waals surface area (Å²) in [6.07, 6.45) is -0.733. The van der Waals surface area contributed by atoms with E-state index in [0.29, 0.717) is 18.3 Å². The quantitative estimate of drug-likeness (QED) is 0.776. The molecule has 0 unspecified atom stereocenters. The maximum atomic E-state index is 12.6. The van der Waals surface area contributed by atoms with Crippen LogP contribution in [0.2, 0.25) is 0 Å². The van der Waals surface area contributed by atoms with E-state index < -0.39 is 11.7 Å².